The van der Waals surface area contributed by atoms with Crippen LogP contribution in [0.1, 0.15) is 18.1 Å². The van der Waals surface area contributed by atoms with Gasteiger partial charge >= 0.3 is 0 Å². The molecular weight excluding hydrogens is 272 g/mol. The Kier molecular flexibility index (Phi) is 3.95. The van der Waals surface area contributed by atoms with Crippen LogP contribution in [-0.2, 0) is 5.60 Å². The number of aromatic hydroxyl groups is 2. The summed E-state index contributed by atoms with van der Waals surface area (Å²) in [5.74, 6) is 0.804. The Morgan fingerprint density at radius 3 is 1.52 bits per heavy atom. The van der Waals surface area contributed by atoms with Crippen molar-refractivity contribution in [2.24, 2.45) is 0 Å². The van der Waals surface area contributed by atoms with E-state index in [1.807, 2.05) is 0 Å². The lowest BCUT2D eigenvalue weighted by atomic mass is 9.86. The van der Waals surface area contributed by atoms with E-state index in [9.17, 15) is 15.3 Å². The summed E-state index contributed by atoms with van der Waals surface area (Å²) in [7, 11) is 2.92. The number of hydrogen-bond acceptors (Lipinski definition) is 5. The van der Waals surface area contributed by atoms with E-state index in [1.54, 1.807) is 19.1 Å². The fourth-order valence-corrected chi connectivity index (χ4v) is 2.31. The number of hydrogen-bond donors (Lipinski definition) is 3. The molecule has 0 aliphatic rings. The minimum atomic E-state index is -1.42. The first kappa shape index (κ1) is 15.0. The van der Waals surface area contributed by atoms with Crippen LogP contribution in [0.4, 0.5) is 0 Å². The molecule has 0 aromatic heterocycles. The number of rotatable bonds is 4. The summed E-state index contributed by atoms with van der Waals surface area (Å²) in [6.07, 6.45) is 0. The lowest BCUT2D eigenvalue weighted by molar-refractivity contribution is 0.0956. The topological polar surface area (TPSA) is 79.2 Å². The third-order valence-corrected chi connectivity index (χ3v) is 3.42. The Morgan fingerprint density at radius 1 is 0.810 bits per heavy atom. The van der Waals surface area contributed by atoms with Gasteiger partial charge in [0.25, 0.3) is 0 Å². The Hall–Kier alpha value is -2.40. The lowest BCUT2D eigenvalue weighted by Gasteiger charge is -2.28. The van der Waals surface area contributed by atoms with Gasteiger partial charge in [-0.2, -0.15) is 0 Å². The number of phenols is 2. The molecule has 0 radical (unpaired) electrons. The molecule has 21 heavy (non-hydrogen) atoms. The van der Waals surface area contributed by atoms with Gasteiger partial charge in [0.2, 0.25) is 0 Å². The molecule has 3 N–H and O–H groups in total. The van der Waals surface area contributed by atoms with Crippen LogP contribution < -0.4 is 9.47 Å². The number of benzene rings is 2. The van der Waals surface area contributed by atoms with Crippen molar-refractivity contribution < 1.29 is 24.8 Å². The first-order chi connectivity index (χ1) is 9.90. The Labute approximate surface area is 123 Å². The van der Waals surface area contributed by atoms with Gasteiger partial charge in [0.15, 0.2) is 0 Å². The molecule has 2 aromatic carbocycles. The Balaban J connectivity index is 2.61. The zero-order chi connectivity index (χ0) is 15.6. The van der Waals surface area contributed by atoms with E-state index in [1.165, 1.54) is 38.5 Å². The van der Waals surface area contributed by atoms with E-state index >= 15 is 0 Å². The molecular formula is C16H18O5. The minimum Gasteiger partial charge on any atom is -0.508 e. The molecule has 0 unspecified atom stereocenters. The molecule has 0 aliphatic heterocycles. The highest BCUT2D eigenvalue weighted by Crippen LogP contribution is 2.41. The van der Waals surface area contributed by atoms with E-state index in [0.717, 1.165) is 0 Å². The number of ether oxygens (including phenoxy) is 2. The van der Waals surface area contributed by atoms with Gasteiger partial charge in [-0.05, 0) is 31.2 Å². The second kappa shape index (κ2) is 5.54. The van der Waals surface area contributed by atoms with Crippen LogP contribution >= 0.6 is 0 Å². The first-order valence-corrected chi connectivity index (χ1v) is 6.37. The summed E-state index contributed by atoms with van der Waals surface area (Å²) in [4.78, 5) is 0. The highest BCUT2D eigenvalue weighted by Gasteiger charge is 2.32. The van der Waals surface area contributed by atoms with E-state index in [2.05, 4.69) is 0 Å². The highest BCUT2D eigenvalue weighted by atomic mass is 16.5. The van der Waals surface area contributed by atoms with Gasteiger partial charge in [-0.1, -0.05) is 0 Å². The first-order valence-electron chi connectivity index (χ1n) is 6.37. The van der Waals surface area contributed by atoms with Crippen LogP contribution in [0.5, 0.6) is 23.0 Å². The monoisotopic (exact) mass is 290 g/mol. The molecule has 0 bridgehead atoms. The van der Waals surface area contributed by atoms with E-state index in [0.29, 0.717) is 22.6 Å². The Bertz CT molecular complexity index is 594. The maximum absolute atomic E-state index is 10.9. The fourth-order valence-electron chi connectivity index (χ4n) is 2.31. The van der Waals surface area contributed by atoms with Crippen molar-refractivity contribution in [2.45, 2.75) is 12.5 Å². The summed E-state index contributed by atoms with van der Waals surface area (Å²) in [5.41, 5.74) is -0.462. The third kappa shape index (κ3) is 2.73. The summed E-state index contributed by atoms with van der Waals surface area (Å²) in [6, 6.07) is 8.97. The van der Waals surface area contributed by atoms with Crippen LogP contribution in [0.25, 0.3) is 0 Å². The van der Waals surface area contributed by atoms with Crippen LogP contribution in [0.2, 0.25) is 0 Å². The van der Waals surface area contributed by atoms with Crippen molar-refractivity contribution in [3.8, 4) is 23.0 Å². The second-order valence-corrected chi connectivity index (χ2v) is 4.84. The molecule has 112 valence electrons. The van der Waals surface area contributed by atoms with E-state index in [-0.39, 0.29) is 11.5 Å². The molecule has 5 nitrogen and oxygen atoms in total. The van der Waals surface area contributed by atoms with Crippen molar-refractivity contribution in [3.05, 3.63) is 47.5 Å². The molecule has 0 fully saturated rings. The van der Waals surface area contributed by atoms with Gasteiger partial charge in [0.1, 0.15) is 28.6 Å². The maximum atomic E-state index is 10.9. The van der Waals surface area contributed by atoms with Crippen molar-refractivity contribution in [1.82, 2.24) is 0 Å². The van der Waals surface area contributed by atoms with Gasteiger partial charge in [0, 0.05) is 23.3 Å². The lowest BCUT2D eigenvalue weighted by Crippen LogP contribution is -2.24. The molecule has 2 aromatic rings. The van der Waals surface area contributed by atoms with Crippen molar-refractivity contribution in [2.75, 3.05) is 14.2 Å². The van der Waals surface area contributed by atoms with Gasteiger partial charge in [-0.15, -0.1) is 0 Å². The minimum absolute atomic E-state index is 0.0454. The summed E-state index contributed by atoms with van der Waals surface area (Å²) in [5, 5.41) is 30.0. The normalized spacial score (nSPS) is 11.2. The van der Waals surface area contributed by atoms with Gasteiger partial charge in [0.05, 0.1) is 14.2 Å². The fraction of sp³-hybridized carbons (Fsp3) is 0.250. The quantitative estimate of drug-likeness (QED) is 0.805. The molecule has 0 atom stereocenters. The average molecular weight is 290 g/mol. The zero-order valence-electron chi connectivity index (χ0n) is 12.1. The van der Waals surface area contributed by atoms with Gasteiger partial charge in [-0.25, -0.2) is 0 Å². The van der Waals surface area contributed by atoms with Gasteiger partial charge < -0.3 is 24.8 Å². The smallest absolute Gasteiger partial charge is 0.128 e. The molecule has 0 spiro atoms. The molecule has 0 aliphatic carbocycles. The largest absolute Gasteiger partial charge is 0.508 e. The Morgan fingerprint density at radius 2 is 1.19 bits per heavy atom. The standard InChI is InChI=1S/C16H18O5/c1-16(19,12-6-4-10(17)8-14(12)20-2)13-7-5-11(18)9-15(13)21-3/h4-9,17-19H,1-3H3. The molecule has 0 saturated heterocycles. The molecule has 5 heteroatoms. The van der Waals surface area contributed by atoms with Crippen molar-refractivity contribution >= 4 is 0 Å². The van der Waals surface area contributed by atoms with Crippen LogP contribution in [0.15, 0.2) is 36.4 Å². The number of phenolic OH excluding ortho intramolecular Hbond substituents is 2. The summed E-state index contributed by atoms with van der Waals surface area (Å²) in [6.45, 7) is 1.59. The summed E-state index contributed by atoms with van der Waals surface area (Å²) >= 11 is 0. The number of methoxy groups -OCH3 is 2. The molecule has 0 heterocycles. The van der Waals surface area contributed by atoms with Crippen molar-refractivity contribution in [3.63, 3.8) is 0 Å². The molecule has 0 saturated carbocycles. The predicted molar refractivity (Wildman–Crippen MR) is 78.0 cm³/mol. The van der Waals surface area contributed by atoms with Crippen LogP contribution in [-0.4, -0.2) is 29.5 Å². The average Bonchev–Trinajstić information content (AvgIpc) is 2.46. The molecule has 0 amide bonds. The van der Waals surface area contributed by atoms with E-state index < -0.39 is 5.60 Å². The third-order valence-electron chi connectivity index (χ3n) is 3.42. The van der Waals surface area contributed by atoms with E-state index in [4.69, 9.17) is 9.47 Å². The maximum Gasteiger partial charge on any atom is 0.128 e. The van der Waals surface area contributed by atoms with Crippen LogP contribution in [0.3, 0.4) is 0 Å². The predicted octanol–water partition coefficient (Wildman–Crippen LogP) is 2.37. The zero-order valence-corrected chi connectivity index (χ0v) is 12.1. The number of aliphatic hydroxyl groups is 1. The highest BCUT2D eigenvalue weighted by molar-refractivity contribution is 5.52. The summed E-state index contributed by atoms with van der Waals surface area (Å²) < 4.78 is 10.4. The SMILES string of the molecule is COc1cc(O)ccc1C(C)(O)c1ccc(O)cc1OC. The van der Waals surface area contributed by atoms with Crippen molar-refractivity contribution in [1.29, 1.82) is 0 Å². The van der Waals surface area contributed by atoms with Crippen LogP contribution in [0, 0.1) is 0 Å². The second-order valence-electron chi connectivity index (χ2n) is 4.84. The van der Waals surface area contributed by atoms with Gasteiger partial charge in [-0.3, -0.25) is 0 Å². The molecule has 2 rings (SSSR count).